The largest absolute Gasteiger partial charge is 0.441 e. The molecular formula is C20H20ClN3O4. The zero-order valence-electron chi connectivity index (χ0n) is 15.7. The highest BCUT2D eigenvalue weighted by molar-refractivity contribution is 6.31. The minimum Gasteiger partial charge on any atom is -0.441 e. The van der Waals surface area contributed by atoms with Crippen molar-refractivity contribution < 1.29 is 19.2 Å². The van der Waals surface area contributed by atoms with Crippen molar-refractivity contribution in [2.75, 3.05) is 5.32 Å². The van der Waals surface area contributed by atoms with Gasteiger partial charge in [0.2, 0.25) is 5.76 Å². The molecule has 0 radical (unpaired) electrons. The van der Waals surface area contributed by atoms with Crippen LogP contribution < -0.4 is 5.32 Å². The number of aromatic nitrogens is 2. The lowest BCUT2D eigenvalue weighted by atomic mass is 10.1. The number of hydrogen-bond donors (Lipinski definition) is 2. The number of carbonyl (C=O) groups is 1. The second-order valence-corrected chi connectivity index (χ2v) is 6.67. The number of halogens is 1. The number of carbonyl (C=O) groups excluding carboxylic acids is 1. The number of anilines is 1. The zero-order chi connectivity index (χ0) is 20.3. The Labute approximate surface area is 167 Å². The predicted octanol–water partition coefficient (Wildman–Crippen LogP) is 4.81. The fraction of sp³-hybridized carbons (Fsp3) is 0.250. The molecule has 3 aromatic rings. The molecule has 0 aliphatic heterocycles. The molecule has 7 nitrogen and oxygen atoms in total. The third kappa shape index (κ3) is 4.16. The smallest absolute Gasteiger partial charge is 0.412 e. The highest BCUT2D eigenvalue weighted by atomic mass is 35.5. The molecule has 0 unspecified atom stereocenters. The van der Waals surface area contributed by atoms with Gasteiger partial charge in [-0.25, -0.2) is 9.78 Å². The Bertz CT molecular complexity index is 1000. The van der Waals surface area contributed by atoms with Crippen LogP contribution in [0, 0.1) is 13.8 Å². The van der Waals surface area contributed by atoms with Crippen LogP contribution in [0.1, 0.15) is 35.5 Å². The molecule has 0 aliphatic carbocycles. The fourth-order valence-electron chi connectivity index (χ4n) is 2.74. The summed E-state index contributed by atoms with van der Waals surface area (Å²) < 4.78 is 10.8. The standard InChI is InChI=1S/C20H20ClN3O4/c1-11-14(10-25)8-9-17(22-11)19-18(12(2)24-28-19)23-20(26)27-13(3)15-6-4-5-7-16(15)21/h4-9,13,25H,10H2,1-3H3,(H,23,26)/t13-/m1/s1. The average Bonchev–Trinajstić information content (AvgIpc) is 3.02. The molecule has 1 aromatic carbocycles. The molecule has 1 amide bonds. The maximum absolute atomic E-state index is 12.4. The van der Waals surface area contributed by atoms with E-state index in [4.69, 9.17) is 20.9 Å². The monoisotopic (exact) mass is 401 g/mol. The number of rotatable bonds is 5. The Hall–Kier alpha value is -2.90. The van der Waals surface area contributed by atoms with Crippen LogP contribution in [-0.4, -0.2) is 21.3 Å². The van der Waals surface area contributed by atoms with Crippen LogP contribution in [0.3, 0.4) is 0 Å². The van der Waals surface area contributed by atoms with Crippen LogP contribution in [0.2, 0.25) is 5.02 Å². The van der Waals surface area contributed by atoms with E-state index in [2.05, 4.69) is 15.5 Å². The van der Waals surface area contributed by atoms with E-state index in [0.29, 0.717) is 44.7 Å². The van der Waals surface area contributed by atoms with E-state index in [-0.39, 0.29) is 6.61 Å². The Balaban J connectivity index is 1.80. The minimum absolute atomic E-state index is 0.105. The van der Waals surface area contributed by atoms with Crippen molar-refractivity contribution in [2.24, 2.45) is 0 Å². The summed E-state index contributed by atoms with van der Waals surface area (Å²) >= 11 is 6.15. The maximum atomic E-state index is 12.4. The van der Waals surface area contributed by atoms with Gasteiger partial charge < -0.3 is 14.4 Å². The zero-order valence-corrected chi connectivity index (χ0v) is 16.4. The van der Waals surface area contributed by atoms with Crippen LogP contribution >= 0.6 is 11.6 Å². The van der Waals surface area contributed by atoms with E-state index in [1.807, 2.05) is 12.1 Å². The maximum Gasteiger partial charge on any atom is 0.412 e. The van der Waals surface area contributed by atoms with E-state index < -0.39 is 12.2 Å². The molecular weight excluding hydrogens is 382 g/mol. The summed E-state index contributed by atoms with van der Waals surface area (Å²) in [6.07, 6.45) is -1.20. The third-order valence-electron chi connectivity index (χ3n) is 4.32. The van der Waals surface area contributed by atoms with Crippen LogP contribution in [-0.2, 0) is 11.3 Å². The van der Waals surface area contributed by atoms with Gasteiger partial charge in [-0.05, 0) is 38.5 Å². The summed E-state index contributed by atoms with van der Waals surface area (Å²) in [5, 5.41) is 16.4. The Morgan fingerprint density at radius 2 is 2.00 bits per heavy atom. The first-order valence-electron chi connectivity index (χ1n) is 8.66. The average molecular weight is 402 g/mol. The molecule has 1 atom stereocenters. The number of ether oxygens (including phenoxy) is 1. The summed E-state index contributed by atoms with van der Waals surface area (Å²) in [4.78, 5) is 16.8. The molecule has 2 heterocycles. The molecule has 0 aliphatic rings. The van der Waals surface area contributed by atoms with Gasteiger partial charge in [-0.1, -0.05) is 41.0 Å². The molecule has 0 saturated carbocycles. The van der Waals surface area contributed by atoms with Crippen molar-refractivity contribution >= 4 is 23.4 Å². The molecule has 28 heavy (non-hydrogen) atoms. The Kier molecular flexibility index (Phi) is 5.96. The van der Waals surface area contributed by atoms with Gasteiger partial charge in [0.1, 0.15) is 23.2 Å². The molecule has 146 valence electrons. The number of benzene rings is 1. The van der Waals surface area contributed by atoms with E-state index in [9.17, 15) is 9.90 Å². The van der Waals surface area contributed by atoms with Crippen LogP contribution in [0.15, 0.2) is 40.9 Å². The molecule has 2 aromatic heterocycles. The summed E-state index contributed by atoms with van der Waals surface area (Å²) in [6, 6.07) is 10.6. The first kappa shape index (κ1) is 19.9. The van der Waals surface area contributed by atoms with Crippen LogP contribution in [0.5, 0.6) is 0 Å². The fourth-order valence-corrected chi connectivity index (χ4v) is 3.02. The topological polar surface area (TPSA) is 97.5 Å². The normalized spacial score (nSPS) is 11.9. The van der Waals surface area contributed by atoms with Crippen molar-refractivity contribution in [1.29, 1.82) is 0 Å². The van der Waals surface area contributed by atoms with E-state index in [1.54, 1.807) is 45.0 Å². The lowest BCUT2D eigenvalue weighted by Gasteiger charge is -2.15. The first-order chi connectivity index (χ1) is 13.4. The van der Waals surface area contributed by atoms with E-state index >= 15 is 0 Å². The summed E-state index contributed by atoms with van der Waals surface area (Å²) in [5.74, 6) is 0.312. The van der Waals surface area contributed by atoms with Crippen molar-refractivity contribution in [3.63, 3.8) is 0 Å². The number of nitrogens with zero attached hydrogens (tertiary/aromatic N) is 2. The Morgan fingerprint density at radius 3 is 2.68 bits per heavy atom. The summed E-state index contributed by atoms with van der Waals surface area (Å²) in [5.41, 5.74) is 3.43. The summed E-state index contributed by atoms with van der Waals surface area (Å²) in [7, 11) is 0. The van der Waals surface area contributed by atoms with Crippen molar-refractivity contribution in [3.8, 4) is 11.5 Å². The number of nitrogens with one attached hydrogen (secondary N) is 1. The molecule has 0 saturated heterocycles. The van der Waals surface area contributed by atoms with Gasteiger partial charge in [0.15, 0.2) is 0 Å². The lowest BCUT2D eigenvalue weighted by Crippen LogP contribution is -2.17. The SMILES string of the molecule is Cc1nc(-c2onc(C)c2NC(=O)O[C@H](C)c2ccccc2Cl)ccc1CO. The number of hydrogen-bond acceptors (Lipinski definition) is 6. The predicted molar refractivity (Wildman–Crippen MR) is 105 cm³/mol. The minimum atomic E-state index is -0.663. The lowest BCUT2D eigenvalue weighted by molar-refractivity contribution is 0.121. The van der Waals surface area contributed by atoms with Crippen LogP contribution in [0.4, 0.5) is 10.5 Å². The van der Waals surface area contributed by atoms with E-state index in [0.717, 1.165) is 0 Å². The number of aryl methyl sites for hydroxylation is 2. The number of aliphatic hydroxyl groups is 1. The highest BCUT2D eigenvalue weighted by Gasteiger charge is 2.21. The molecule has 8 heteroatoms. The second kappa shape index (κ2) is 8.41. The first-order valence-corrected chi connectivity index (χ1v) is 9.04. The third-order valence-corrected chi connectivity index (χ3v) is 4.66. The van der Waals surface area contributed by atoms with Crippen molar-refractivity contribution in [3.05, 3.63) is 63.9 Å². The molecule has 0 fully saturated rings. The van der Waals surface area contributed by atoms with Gasteiger partial charge in [0, 0.05) is 16.3 Å². The van der Waals surface area contributed by atoms with Crippen molar-refractivity contribution in [1.82, 2.24) is 10.1 Å². The van der Waals surface area contributed by atoms with Crippen molar-refractivity contribution in [2.45, 2.75) is 33.5 Å². The van der Waals surface area contributed by atoms with Gasteiger partial charge in [0.25, 0.3) is 0 Å². The number of amides is 1. The highest BCUT2D eigenvalue weighted by Crippen LogP contribution is 2.31. The van der Waals surface area contributed by atoms with Gasteiger partial charge in [-0.15, -0.1) is 0 Å². The Morgan fingerprint density at radius 1 is 1.25 bits per heavy atom. The number of aliphatic hydroxyl groups excluding tert-OH is 1. The van der Waals surface area contributed by atoms with Crippen LogP contribution in [0.25, 0.3) is 11.5 Å². The molecule has 3 rings (SSSR count). The van der Waals surface area contributed by atoms with E-state index in [1.165, 1.54) is 0 Å². The second-order valence-electron chi connectivity index (χ2n) is 6.27. The number of pyridine rings is 1. The van der Waals surface area contributed by atoms with Gasteiger partial charge in [-0.3, -0.25) is 5.32 Å². The molecule has 2 N–H and O–H groups in total. The quantitative estimate of drug-likeness (QED) is 0.636. The van der Waals surface area contributed by atoms with Gasteiger partial charge in [0.05, 0.1) is 6.61 Å². The molecule has 0 spiro atoms. The molecule has 0 bridgehead atoms. The van der Waals surface area contributed by atoms with Gasteiger partial charge >= 0.3 is 6.09 Å². The van der Waals surface area contributed by atoms with Gasteiger partial charge in [-0.2, -0.15) is 0 Å². The summed E-state index contributed by atoms with van der Waals surface area (Å²) in [6.45, 7) is 5.12.